The molecule has 0 spiro atoms. The van der Waals surface area contributed by atoms with E-state index in [0.29, 0.717) is 10.7 Å². The Hall–Kier alpha value is -1.46. The summed E-state index contributed by atoms with van der Waals surface area (Å²) >= 11 is 6.01. The number of rotatable bonds is 4. The maximum Gasteiger partial charge on any atom is 0.162 e. The molecule has 1 unspecified atom stereocenters. The Labute approximate surface area is 120 Å². The maximum absolute atomic E-state index is 13.6. The monoisotopic (exact) mass is 300 g/mol. The molecule has 0 saturated heterocycles. The van der Waals surface area contributed by atoms with E-state index in [4.69, 9.17) is 11.6 Å². The molecule has 0 saturated carbocycles. The first-order chi connectivity index (χ1) is 9.41. The molecule has 108 valence electrons. The van der Waals surface area contributed by atoms with Gasteiger partial charge in [-0.3, -0.25) is 4.68 Å². The van der Waals surface area contributed by atoms with Crippen molar-refractivity contribution < 1.29 is 13.9 Å². The summed E-state index contributed by atoms with van der Waals surface area (Å²) in [5.41, 5.74) is 0.510. The second-order valence-corrected chi connectivity index (χ2v) is 5.26. The Morgan fingerprint density at radius 2 is 2.05 bits per heavy atom. The van der Waals surface area contributed by atoms with Crippen molar-refractivity contribution >= 4 is 11.6 Å². The van der Waals surface area contributed by atoms with E-state index in [0.717, 1.165) is 6.07 Å². The number of hydrogen-bond acceptors (Lipinski definition) is 2. The largest absolute Gasteiger partial charge is 0.386 e. The van der Waals surface area contributed by atoms with Crippen LogP contribution in [-0.4, -0.2) is 14.9 Å². The van der Waals surface area contributed by atoms with Crippen LogP contribution in [0.4, 0.5) is 8.78 Å². The van der Waals surface area contributed by atoms with Crippen molar-refractivity contribution in [2.45, 2.75) is 32.4 Å². The van der Waals surface area contributed by atoms with Gasteiger partial charge in [-0.2, -0.15) is 5.10 Å². The minimum atomic E-state index is -1.05. The van der Waals surface area contributed by atoms with E-state index >= 15 is 0 Å². The lowest BCUT2D eigenvalue weighted by molar-refractivity contribution is 0.163. The molecule has 1 heterocycles. The second-order valence-electron chi connectivity index (χ2n) is 4.85. The molecule has 1 atom stereocenters. The molecule has 2 aromatic rings. The summed E-state index contributed by atoms with van der Waals surface area (Å²) in [5, 5.41) is 14.6. The van der Waals surface area contributed by atoms with Gasteiger partial charge in [-0.15, -0.1) is 0 Å². The van der Waals surface area contributed by atoms with Crippen molar-refractivity contribution in [3.63, 3.8) is 0 Å². The average Bonchev–Trinajstić information content (AvgIpc) is 2.77. The first-order valence-corrected chi connectivity index (χ1v) is 6.63. The van der Waals surface area contributed by atoms with Crippen LogP contribution in [0.5, 0.6) is 0 Å². The quantitative estimate of drug-likeness (QED) is 0.935. The van der Waals surface area contributed by atoms with Crippen LogP contribution in [0.3, 0.4) is 0 Å². The normalized spacial score (nSPS) is 12.9. The Morgan fingerprint density at radius 1 is 1.35 bits per heavy atom. The maximum atomic E-state index is 13.6. The Bertz CT molecular complexity index is 613. The van der Waals surface area contributed by atoms with Gasteiger partial charge < -0.3 is 5.11 Å². The van der Waals surface area contributed by atoms with E-state index in [1.165, 1.54) is 18.3 Å². The van der Waals surface area contributed by atoms with Crippen LogP contribution in [0.25, 0.3) is 0 Å². The van der Waals surface area contributed by atoms with Gasteiger partial charge in [0.25, 0.3) is 0 Å². The predicted octanol–water partition coefficient (Wildman–Crippen LogP) is 3.67. The summed E-state index contributed by atoms with van der Waals surface area (Å²) < 4.78 is 28.4. The van der Waals surface area contributed by atoms with Gasteiger partial charge >= 0.3 is 0 Å². The molecule has 0 bridgehead atoms. The molecule has 0 aliphatic heterocycles. The van der Waals surface area contributed by atoms with E-state index in [1.54, 1.807) is 4.68 Å². The van der Waals surface area contributed by atoms with Gasteiger partial charge in [-0.25, -0.2) is 8.78 Å². The van der Waals surface area contributed by atoms with Crippen molar-refractivity contribution in [3.05, 3.63) is 52.3 Å². The number of aromatic nitrogens is 2. The molecule has 1 aromatic carbocycles. The van der Waals surface area contributed by atoms with Gasteiger partial charge in [0, 0.05) is 12.5 Å². The first-order valence-electron chi connectivity index (χ1n) is 6.25. The molecule has 0 fully saturated rings. The number of hydrogen-bond donors (Lipinski definition) is 1. The number of aliphatic hydroxyl groups excluding tert-OH is 1. The summed E-state index contributed by atoms with van der Waals surface area (Å²) in [6.07, 6.45) is 0.313. The minimum Gasteiger partial charge on any atom is -0.386 e. The molecule has 0 amide bonds. The van der Waals surface area contributed by atoms with E-state index < -0.39 is 17.7 Å². The van der Waals surface area contributed by atoms with Crippen molar-refractivity contribution in [1.82, 2.24) is 9.78 Å². The fourth-order valence-electron chi connectivity index (χ4n) is 2.09. The highest BCUT2D eigenvalue weighted by Gasteiger charge is 2.21. The first kappa shape index (κ1) is 14.9. The number of nitrogens with zero attached hydrogens (tertiary/aromatic N) is 2. The zero-order valence-corrected chi connectivity index (χ0v) is 11.9. The van der Waals surface area contributed by atoms with Gasteiger partial charge in [0.05, 0.1) is 16.9 Å². The summed E-state index contributed by atoms with van der Waals surface area (Å²) in [4.78, 5) is 0. The summed E-state index contributed by atoms with van der Waals surface area (Å²) in [6.45, 7) is 3.78. The summed E-state index contributed by atoms with van der Waals surface area (Å²) in [6, 6.07) is 3.88. The Kier molecular flexibility index (Phi) is 4.40. The Balaban J connectivity index is 2.31. The molecule has 20 heavy (non-hydrogen) atoms. The number of benzene rings is 1. The highest BCUT2D eigenvalue weighted by Crippen LogP contribution is 2.28. The third-order valence-electron chi connectivity index (χ3n) is 3.04. The highest BCUT2D eigenvalue weighted by molar-refractivity contribution is 6.31. The molecule has 0 aliphatic rings. The molecular formula is C14H15ClF2N2O. The van der Waals surface area contributed by atoms with Crippen molar-refractivity contribution in [1.29, 1.82) is 0 Å². The molecule has 1 N–H and O–H groups in total. The number of aliphatic hydroxyl groups is 1. The zero-order chi connectivity index (χ0) is 14.9. The molecule has 0 aliphatic carbocycles. The lowest BCUT2D eigenvalue weighted by Gasteiger charge is -2.17. The summed E-state index contributed by atoms with van der Waals surface area (Å²) in [7, 11) is 0. The molecule has 6 heteroatoms. The zero-order valence-electron chi connectivity index (χ0n) is 11.1. The SMILES string of the molecule is CC(C)n1ncc(Cl)c1C(O)Cc1cccc(F)c1F. The number of halogens is 3. The van der Waals surface area contributed by atoms with Gasteiger partial charge in [0.2, 0.25) is 0 Å². The minimum absolute atomic E-state index is 0.00417. The van der Waals surface area contributed by atoms with Crippen molar-refractivity contribution in [3.8, 4) is 0 Å². The van der Waals surface area contributed by atoms with E-state index in [1.807, 2.05) is 13.8 Å². The smallest absolute Gasteiger partial charge is 0.162 e. The molecule has 1 aromatic heterocycles. The van der Waals surface area contributed by atoms with Crippen LogP contribution in [0, 0.1) is 11.6 Å². The fraction of sp³-hybridized carbons (Fsp3) is 0.357. The molecule has 3 nitrogen and oxygen atoms in total. The molecule has 0 radical (unpaired) electrons. The molecular weight excluding hydrogens is 286 g/mol. The van der Waals surface area contributed by atoms with E-state index in [-0.39, 0.29) is 18.0 Å². The topological polar surface area (TPSA) is 38.0 Å². The third kappa shape index (κ3) is 2.83. The van der Waals surface area contributed by atoms with E-state index in [2.05, 4.69) is 5.10 Å². The standard InChI is InChI=1S/C14H15ClF2N2O/c1-8(2)19-14(10(15)7-18-19)12(20)6-9-4-3-5-11(16)13(9)17/h3-5,7-8,12,20H,6H2,1-2H3. The highest BCUT2D eigenvalue weighted by atomic mass is 35.5. The Morgan fingerprint density at radius 3 is 2.70 bits per heavy atom. The van der Waals surface area contributed by atoms with Gasteiger partial charge in [-0.05, 0) is 25.5 Å². The summed E-state index contributed by atoms with van der Waals surface area (Å²) in [5.74, 6) is -1.88. The van der Waals surface area contributed by atoms with Gasteiger partial charge in [-0.1, -0.05) is 23.7 Å². The van der Waals surface area contributed by atoms with Crippen LogP contribution in [-0.2, 0) is 6.42 Å². The van der Waals surface area contributed by atoms with Crippen LogP contribution >= 0.6 is 11.6 Å². The van der Waals surface area contributed by atoms with Crippen LogP contribution < -0.4 is 0 Å². The van der Waals surface area contributed by atoms with Crippen molar-refractivity contribution in [2.75, 3.05) is 0 Å². The van der Waals surface area contributed by atoms with Crippen LogP contribution in [0.2, 0.25) is 5.02 Å². The van der Waals surface area contributed by atoms with Crippen molar-refractivity contribution in [2.24, 2.45) is 0 Å². The van der Waals surface area contributed by atoms with Crippen LogP contribution in [0.15, 0.2) is 24.4 Å². The van der Waals surface area contributed by atoms with Crippen LogP contribution in [0.1, 0.15) is 37.3 Å². The third-order valence-corrected chi connectivity index (χ3v) is 3.33. The lowest BCUT2D eigenvalue weighted by Crippen LogP contribution is -2.14. The van der Waals surface area contributed by atoms with E-state index in [9.17, 15) is 13.9 Å². The average molecular weight is 301 g/mol. The fourth-order valence-corrected chi connectivity index (χ4v) is 2.34. The van der Waals surface area contributed by atoms with Gasteiger partial charge in [0.1, 0.15) is 6.10 Å². The molecule has 2 rings (SSSR count). The predicted molar refractivity (Wildman–Crippen MR) is 72.6 cm³/mol. The van der Waals surface area contributed by atoms with Gasteiger partial charge in [0.15, 0.2) is 11.6 Å². The second kappa shape index (κ2) is 5.89. The lowest BCUT2D eigenvalue weighted by atomic mass is 10.0.